The molecule has 0 atom stereocenters. The third-order valence-corrected chi connectivity index (χ3v) is 1.83. The number of likely N-dealkylation sites (tertiary alicyclic amines) is 1. The van der Waals surface area contributed by atoms with Crippen molar-refractivity contribution in [3.8, 4) is 0 Å². The van der Waals surface area contributed by atoms with Crippen LogP contribution in [0.15, 0.2) is 0 Å². The second-order valence-corrected chi connectivity index (χ2v) is 3.03. The van der Waals surface area contributed by atoms with Crippen molar-refractivity contribution in [2.75, 3.05) is 26.8 Å². The zero-order chi connectivity index (χ0) is 11.7. The molecule has 88 valence electrons. The highest BCUT2D eigenvalue weighted by Gasteiger charge is 2.14. The van der Waals surface area contributed by atoms with E-state index in [1.807, 2.05) is 7.05 Å². The molecule has 5 heteroatoms. The minimum atomic E-state index is -0.588. The summed E-state index contributed by atoms with van der Waals surface area (Å²) in [7, 11) is 1.84. The monoisotopic (exact) mass is 217 g/mol. The molecule has 0 spiro atoms. The van der Waals surface area contributed by atoms with E-state index in [0.29, 0.717) is 19.1 Å². The number of hydrogen-bond donors (Lipinski definition) is 0. The molecule has 1 aliphatic rings. The first-order chi connectivity index (χ1) is 7.11. The lowest BCUT2D eigenvalue weighted by molar-refractivity contribution is -0.126. The third kappa shape index (κ3) is 6.76. The summed E-state index contributed by atoms with van der Waals surface area (Å²) in [6, 6.07) is 0. The Morgan fingerprint density at radius 1 is 1.33 bits per heavy atom. The summed E-state index contributed by atoms with van der Waals surface area (Å²) >= 11 is 0. The lowest BCUT2D eigenvalue weighted by atomic mass is 10.4. The molecule has 1 amide bonds. The van der Waals surface area contributed by atoms with Gasteiger partial charge in [-0.2, -0.15) is 0 Å². The molecule has 0 radical (unpaired) electrons. The fourth-order valence-electron chi connectivity index (χ4n) is 1.06. The van der Waals surface area contributed by atoms with Crippen molar-refractivity contribution < 1.29 is 19.1 Å². The number of nitrogens with zero attached hydrogens (tertiary/aromatic N) is 1. The van der Waals surface area contributed by atoms with Gasteiger partial charge >= 0.3 is 6.16 Å². The molecule has 0 bridgehead atoms. The van der Waals surface area contributed by atoms with Crippen LogP contribution in [-0.4, -0.2) is 43.8 Å². The first-order valence-electron chi connectivity index (χ1n) is 5.15. The predicted octanol–water partition coefficient (Wildman–Crippen LogP) is 1.42. The van der Waals surface area contributed by atoms with E-state index in [1.165, 1.54) is 0 Å². The summed E-state index contributed by atoms with van der Waals surface area (Å²) in [5.74, 6) is 0.292. The molecular weight excluding hydrogens is 198 g/mol. The fourth-order valence-corrected chi connectivity index (χ4v) is 1.06. The highest BCUT2D eigenvalue weighted by Crippen LogP contribution is 2.04. The SMILES string of the molecule is CCOC(=O)OCC.CN1CCCC1=O. The standard InChI is InChI=1S/C5H9NO.C5H10O3/c1-6-4-2-3-5(6)7;1-3-7-5(6)8-4-2/h2-4H2,1H3;3-4H2,1-2H3. The van der Waals surface area contributed by atoms with Crippen molar-refractivity contribution in [3.05, 3.63) is 0 Å². The second-order valence-electron chi connectivity index (χ2n) is 3.03. The lowest BCUT2D eigenvalue weighted by Gasteiger charge is -2.03. The summed E-state index contributed by atoms with van der Waals surface area (Å²) in [5.41, 5.74) is 0. The van der Waals surface area contributed by atoms with Gasteiger partial charge in [-0.05, 0) is 20.3 Å². The first kappa shape index (κ1) is 13.7. The summed E-state index contributed by atoms with van der Waals surface area (Å²) < 4.78 is 8.84. The number of hydrogen-bond acceptors (Lipinski definition) is 4. The van der Waals surface area contributed by atoms with E-state index in [9.17, 15) is 9.59 Å². The van der Waals surface area contributed by atoms with Crippen molar-refractivity contribution in [3.63, 3.8) is 0 Å². The molecule has 0 aromatic heterocycles. The Morgan fingerprint density at radius 2 is 1.87 bits per heavy atom. The molecule has 0 aliphatic carbocycles. The Labute approximate surface area is 90.3 Å². The largest absolute Gasteiger partial charge is 0.508 e. The molecule has 1 saturated heterocycles. The molecule has 0 aromatic carbocycles. The van der Waals surface area contributed by atoms with Gasteiger partial charge in [0, 0.05) is 20.0 Å². The molecule has 1 rings (SSSR count). The molecule has 5 nitrogen and oxygen atoms in total. The van der Waals surface area contributed by atoms with Crippen LogP contribution in [0.5, 0.6) is 0 Å². The van der Waals surface area contributed by atoms with Crippen LogP contribution < -0.4 is 0 Å². The van der Waals surface area contributed by atoms with Crippen LogP contribution in [0.1, 0.15) is 26.7 Å². The maximum absolute atomic E-state index is 10.5. The van der Waals surface area contributed by atoms with Gasteiger partial charge in [-0.1, -0.05) is 0 Å². The van der Waals surface area contributed by atoms with E-state index in [2.05, 4.69) is 9.47 Å². The Kier molecular flexibility index (Phi) is 7.40. The van der Waals surface area contributed by atoms with Crippen LogP contribution in [0, 0.1) is 0 Å². The van der Waals surface area contributed by atoms with Crippen LogP contribution in [0.25, 0.3) is 0 Å². The van der Waals surface area contributed by atoms with Crippen molar-refractivity contribution in [1.82, 2.24) is 4.90 Å². The molecule has 0 saturated carbocycles. The van der Waals surface area contributed by atoms with E-state index in [4.69, 9.17) is 0 Å². The van der Waals surface area contributed by atoms with Gasteiger partial charge in [0.2, 0.25) is 5.91 Å². The van der Waals surface area contributed by atoms with Crippen molar-refractivity contribution in [1.29, 1.82) is 0 Å². The quantitative estimate of drug-likeness (QED) is 0.656. The third-order valence-electron chi connectivity index (χ3n) is 1.83. The Bertz CT molecular complexity index is 198. The Morgan fingerprint density at radius 3 is 2.07 bits per heavy atom. The van der Waals surface area contributed by atoms with Crippen molar-refractivity contribution in [2.24, 2.45) is 0 Å². The highest BCUT2D eigenvalue weighted by atomic mass is 16.7. The van der Waals surface area contributed by atoms with Crippen LogP contribution in [0.2, 0.25) is 0 Å². The number of ether oxygens (including phenoxy) is 2. The maximum atomic E-state index is 10.5. The molecule has 0 N–H and O–H groups in total. The van der Waals surface area contributed by atoms with Gasteiger partial charge in [0.05, 0.1) is 13.2 Å². The molecule has 0 unspecified atom stereocenters. The summed E-state index contributed by atoms with van der Waals surface area (Å²) in [6.07, 6.45) is 1.22. The van der Waals surface area contributed by atoms with E-state index in [0.717, 1.165) is 19.4 Å². The van der Waals surface area contributed by atoms with Crippen molar-refractivity contribution >= 4 is 12.1 Å². The minimum Gasteiger partial charge on any atom is -0.435 e. The predicted molar refractivity (Wildman–Crippen MR) is 55.5 cm³/mol. The van der Waals surface area contributed by atoms with Gasteiger partial charge in [-0.15, -0.1) is 0 Å². The lowest BCUT2D eigenvalue weighted by Crippen LogP contribution is -2.17. The first-order valence-corrected chi connectivity index (χ1v) is 5.15. The van der Waals surface area contributed by atoms with Gasteiger partial charge < -0.3 is 14.4 Å². The second kappa shape index (κ2) is 8.08. The molecule has 0 aromatic rings. The molecule has 1 aliphatic heterocycles. The van der Waals surface area contributed by atoms with E-state index in [-0.39, 0.29) is 0 Å². The summed E-state index contributed by atoms with van der Waals surface area (Å²) in [6.45, 7) is 5.17. The molecular formula is C10H19NO4. The maximum Gasteiger partial charge on any atom is 0.508 e. The van der Waals surface area contributed by atoms with Gasteiger partial charge in [0.1, 0.15) is 0 Å². The normalized spacial score (nSPS) is 14.3. The zero-order valence-corrected chi connectivity index (χ0v) is 9.62. The average molecular weight is 217 g/mol. The Hall–Kier alpha value is -1.26. The number of rotatable bonds is 2. The summed E-state index contributed by atoms with van der Waals surface area (Å²) in [5, 5.41) is 0. The van der Waals surface area contributed by atoms with Gasteiger partial charge in [0.15, 0.2) is 0 Å². The molecule has 15 heavy (non-hydrogen) atoms. The smallest absolute Gasteiger partial charge is 0.435 e. The number of amides is 1. The highest BCUT2D eigenvalue weighted by molar-refractivity contribution is 5.77. The van der Waals surface area contributed by atoms with Gasteiger partial charge in [-0.25, -0.2) is 4.79 Å². The minimum absolute atomic E-state index is 0.292. The van der Waals surface area contributed by atoms with E-state index >= 15 is 0 Å². The summed E-state index contributed by atoms with van der Waals surface area (Å²) in [4.78, 5) is 22.5. The van der Waals surface area contributed by atoms with Crippen LogP contribution in [-0.2, 0) is 14.3 Å². The number of carbonyl (C=O) groups is 2. The zero-order valence-electron chi connectivity index (χ0n) is 9.62. The Balaban J connectivity index is 0.000000262. The van der Waals surface area contributed by atoms with Gasteiger partial charge in [-0.3, -0.25) is 4.79 Å². The molecule has 1 heterocycles. The van der Waals surface area contributed by atoms with E-state index < -0.39 is 6.16 Å². The topological polar surface area (TPSA) is 55.8 Å². The van der Waals surface area contributed by atoms with Crippen LogP contribution in [0.3, 0.4) is 0 Å². The van der Waals surface area contributed by atoms with Crippen LogP contribution in [0.4, 0.5) is 4.79 Å². The van der Waals surface area contributed by atoms with Crippen molar-refractivity contribution in [2.45, 2.75) is 26.7 Å². The molecule has 1 fully saturated rings. The van der Waals surface area contributed by atoms with Crippen LogP contribution >= 0.6 is 0 Å². The van der Waals surface area contributed by atoms with Gasteiger partial charge in [0.25, 0.3) is 0 Å². The average Bonchev–Trinajstić information content (AvgIpc) is 2.53. The van der Waals surface area contributed by atoms with E-state index in [1.54, 1.807) is 18.7 Å². The number of carbonyl (C=O) groups excluding carboxylic acids is 2. The fraction of sp³-hybridized carbons (Fsp3) is 0.800.